The number of hydrogen-bond acceptors (Lipinski definition) is 7. The summed E-state index contributed by atoms with van der Waals surface area (Å²) >= 11 is 0. The zero-order valence-corrected chi connectivity index (χ0v) is 20.4. The fourth-order valence-corrected chi connectivity index (χ4v) is 3.35. The van der Waals surface area contributed by atoms with Crippen molar-refractivity contribution < 1.29 is 33.8 Å². The van der Waals surface area contributed by atoms with Crippen molar-refractivity contribution in [1.82, 2.24) is 10.6 Å². The maximum absolute atomic E-state index is 13.0. The zero-order valence-electron chi connectivity index (χ0n) is 20.4. The summed E-state index contributed by atoms with van der Waals surface area (Å²) in [4.78, 5) is 61.8. The molecule has 0 aliphatic heterocycles. The Labute approximate surface area is 214 Å². The van der Waals surface area contributed by atoms with Crippen molar-refractivity contribution in [2.75, 3.05) is 11.9 Å². The van der Waals surface area contributed by atoms with E-state index in [1.165, 1.54) is 0 Å². The van der Waals surface area contributed by atoms with Gasteiger partial charge >= 0.3 is 12.1 Å². The molecule has 0 bridgehead atoms. The maximum atomic E-state index is 13.0. The molecule has 198 valence electrons. The van der Waals surface area contributed by atoms with Crippen molar-refractivity contribution in [3.63, 3.8) is 0 Å². The highest BCUT2D eigenvalue weighted by Crippen LogP contribution is 2.09. The van der Waals surface area contributed by atoms with Crippen LogP contribution in [0.3, 0.4) is 0 Å². The lowest BCUT2D eigenvalue weighted by molar-refractivity contribution is -0.138. The van der Waals surface area contributed by atoms with Crippen LogP contribution >= 0.6 is 0 Å². The number of rotatable bonds is 15. The largest absolute Gasteiger partial charge is 0.481 e. The van der Waals surface area contributed by atoms with E-state index >= 15 is 0 Å². The number of amides is 3. The molecule has 0 aliphatic rings. The lowest BCUT2D eigenvalue weighted by atomic mass is 10.0. The minimum Gasteiger partial charge on any atom is -0.481 e. The number of anilines is 1. The Kier molecular flexibility index (Phi) is 12.3. The van der Waals surface area contributed by atoms with Crippen molar-refractivity contribution in [1.29, 1.82) is 0 Å². The van der Waals surface area contributed by atoms with E-state index in [9.17, 15) is 24.0 Å². The molecule has 0 saturated carbocycles. The summed E-state index contributed by atoms with van der Waals surface area (Å²) in [5.74, 6) is -3.77. The van der Waals surface area contributed by atoms with Crippen LogP contribution in [0.1, 0.15) is 37.7 Å². The Morgan fingerprint density at radius 1 is 0.838 bits per heavy atom. The van der Waals surface area contributed by atoms with E-state index in [-0.39, 0.29) is 19.4 Å². The van der Waals surface area contributed by atoms with E-state index in [0.29, 0.717) is 25.1 Å². The van der Waals surface area contributed by atoms with E-state index in [2.05, 4.69) is 16.0 Å². The lowest BCUT2D eigenvalue weighted by Gasteiger charge is -2.22. The van der Waals surface area contributed by atoms with Gasteiger partial charge in [0.25, 0.3) is 5.91 Å². The smallest absolute Gasteiger partial charge is 0.408 e. The second-order valence-electron chi connectivity index (χ2n) is 8.22. The predicted octanol–water partition coefficient (Wildman–Crippen LogP) is 1.97. The average molecular weight is 513 g/mol. The van der Waals surface area contributed by atoms with Crippen molar-refractivity contribution in [3.05, 3.63) is 66.2 Å². The molecule has 0 unspecified atom stereocenters. The summed E-state index contributed by atoms with van der Waals surface area (Å²) in [6.45, 7) is 0.306. The summed E-state index contributed by atoms with van der Waals surface area (Å²) in [7, 11) is 0. The van der Waals surface area contributed by atoms with Gasteiger partial charge in [-0.25, -0.2) is 4.79 Å². The maximum Gasteiger partial charge on any atom is 0.408 e. The SMILES string of the molecule is NCCCC[C@H](NC(=O)[C@H](CCC(=O)O)NC(=O)OCc1ccccc1)C(=O)C(=O)Nc1ccccc1. The molecule has 0 heterocycles. The highest BCUT2D eigenvalue weighted by molar-refractivity contribution is 6.42. The van der Waals surface area contributed by atoms with Gasteiger partial charge in [-0.15, -0.1) is 0 Å². The van der Waals surface area contributed by atoms with E-state index in [1.807, 2.05) is 0 Å². The molecule has 0 spiro atoms. The van der Waals surface area contributed by atoms with Gasteiger partial charge in [-0.05, 0) is 49.9 Å². The second-order valence-corrected chi connectivity index (χ2v) is 8.22. The predicted molar refractivity (Wildman–Crippen MR) is 135 cm³/mol. The lowest BCUT2D eigenvalue weighted by Crippen LogP contribution is -2.53. The third-order valence-corrected chi connectivity index (χ3v) is 5.30. The van der Waals surface area contributed by atoms with Crippen LogP contribution in [0, 0.1) is 0 Å². The van der Waals surface area contributed by atoms with Crippen LogP contribution in [0.15, 0.2) is 60.7 Å². The molecule has 2 atom stereocenters. The van der Waals surface area contributed by atoms with Crippen LogP contribution < -0.4 is 21.7 Å². The normalized spacial score (nSPS) is 12.0. The molecule has 11 heteroatoms. The number of carboxylic acid groups (broad SMARTS) is 1. The number of carbonyl (C=O) groups excluding carboxylic acids is 4. The number of ketones is 1. The van der Waals surface area contributed by atoms with Gasteiger partial charge in [0.2, 0.25) is 11.7 Å². The number of ether oxygens (including phenoxy) is 1. The van der Waals surface area contributed by atoms with Gasteiger partial charge in [-0.1, -0.05) is 48.5 Å². The van der Waals surface area contributed by atoms with Gasteiger partial charge in [0.1, 0.15) is 12.6 Å². The molecule has 0 aliphatic carbocycles. The molecular weight excluding hydrogens is 480 g/mol. The number of hydrogen-bond donors (Lipinski definition) is 5. The molecule has 37 heavy (non-hydrogen) atoms. The number of unbranched alkanes of at least 4 members (excludes halogenated alkanes) is 1. The summed E-state index contributed by atoms with van der Waals surface area (Å²) in [6, 6.07) is 14.7. The number of para-hydroxylation sites is 1. The summed E-state index contributed by atoms with van der Waals surface area (Å²) in [5, 5.41) is 16.4. The minimum atomic E-state index is -1.30. The first-order valence-electron chi connectivity index (χ1n) is 11.9. The Morgan fingerprint density at radius 2 is 1.49 bits per heavy atom. The molecule has 2 aromatic carbocycles. The minimum absolute atomic E-state index is 0.0558. The monoisotopic (exact) mass is 512 g/mol. The second kappa shape index (κ2) is 15.7. The van der Waals surface area contributed by atoms with Crippen LogP contribution in [0.4, 0.5) is 10.5 Å². The van der Waals surface area contributed by atoms with E-state index < -0.39 is 48.2 Å². The zero-order chi connectivity index (χ0) is 27.0. The average Bonchev–Trinajstić information content (AvgIpc) is 2.89. The van der Waals surface area contributed by atoms with Crippen LogP contribution in [0.2, 0.25) is 0 Å². The summed E-state index contributed by atoms with van der Waals surface area (Å²) in [5.41, 5.74) is 6.66. The topological polar surface area (TPSA) is 177 Å². The molecule has 0 radical (unpaired) electrons. The van der Waals surface area contributed by atoms with Gasteiger partial charge in [0, 0.05) is 12.1 Å². The Balaban J connectivity index is 2.07. The molecule has 0 fully saturated rings. The third kappa shape index (κ3) is 10.9. The number of alkyl carbamates (subject to hydrolysis) is 1. The molecule has 0 aromatic heterocycles. The number of carboxylic acids is 1. The summed E-state index contributed by atoms with van der Waals surface area (Å²) < 4.78 is 5.13. The van der Waals surface area contributed by atoms with E-state index in [4.69, 9.17) is 15.6 Å². The molecular formula is C26H32N4O7. The van der Waals surface area contributed by atoms with Crippen molar-refractivity contribution >= 4 is 35.3 Å². The molecule has 2 aromatic rings. The van der Waals surface area contributed by atoms with E-state index in [0.717, 1.165) is 5.56 Å². The highest BCUT2D eigenvalue weighted by atomic mass is 16.5. The van der Waals surface area contributed by atoms with Gasteiger partial charge in [-0.2, -0.15) is 0 Å². The first-order chi connectivity index (χ1) is 17.8. The molecule has 6 N–H and O–H groups in total. The first kappa shape index (κ1) is 29.0. The first-order valence-corrected chi connectivity index (χ1v) is 11.9. The van der Waals surface area contributed by atoms with Crippen LogP contribution in [0.25, 0.3) is 0 Å². The molecule has 11 nitrogen and oxygen atoms in total. The Morgan fingerprint density at radius 3 is 2.11 bits per heavy atom. The number of carbonyl (C=O) groups is 5. The number of benzene rings is 2. The van der Waals surface area contributed by atoms with Gasteiger partial charge in [0.05, 0.1) is 6.04 Å². The Bertz CT molecular complexity index is 1050. The van der Waals surface area contributed by atoms with Crippen molar-refractivity contribution in [2.45, 2.75) is 50.8 Å². The number of aliphatic carboxylic acids is 1. The third-order valence-electron chi connectivity index (χ3n) is 5.30. The number of nitrogens with two attached hydrogens (primary N) is 1. The molecule has 0 saturated heterocycles. The van der Waals surface area contributed by atoms with Crippen LogP contribution in [0.5, 0.6) is 0 Å². The van der Waals surface area contributed by atoms with Gasteiger partial charge < -0.3 is 31.5 Å². The van der Waals surface area contributed by atoms with Gasteiger partial charge in [-0.3, -0.25) is 19.2 Å². The highest BCUT2D eigenvalue weighted by Gasteiger charge is 2.30. The number of Topliss-reactive ketones (excluding diaryl/α,β-unsaturated/α-hetero) is 1. The van der Waals surface area contributed by atoms with Crippen molar-refractivity contribution in [3.8, 4) is 0 Å². The quantitative estimate of drug-likeness (QED) is 0.178. The Hall–Kier alpha value is -4.25. The fourth-order valence-electron chi connectivity index (χ4n) is 3.35. The number of nitrogens with one attached hydrogen (secondary N) is 3. The molecule has 2 rings (SSSR count). The summed E-state index contributed by atoms with van der Waals surface area (Å²) in [6.07, 6.45) is -0.445. The standard InChI is InChI=1S/C26H32N4O7/c27-16-8-7-13-20(23(33)25(35)28-19-11-5-2-6-12-19)29-24(34)21(14-15-22(31)32)30-26(36)37-17-18-9-3-1-4-10-18/h1-6,9-12,20-21H,7-8,13-17,27H2,(H,28,35)(H,29,34)(H,30,36)(H,31,32)/t20-,21-/m0/s1. The van der Waals surface area contributed by atoms with Gasteiger partial charge in [0.15, 0.2) is 0 Å². The van der Waals surface area contributed by atoms with Crippen molar-refractivity contribution in [2.24, 2.45) is 5.73 Å². The van der Waals surface area contributed by atoms with E-state index in [1.54, 1.807) is 60.7 Å². The fraction of sp³-hybridized carbons (Fsp3) is 0.346. The molecule has 3 amide bonds. The van der Waals surface area contributed by atoms with Crippen LogP contribution in [-0.2, 0) is 30.5 Å². The van der Waals surface area contributed by atoms with Crippen LogP contribution in [-0.4, -0.2) is 53.4 Å².